The molecule has 0 radical (unpaired) electrons. The molecule has 1 aromatic carbocycles. The average Bonchev–Trinajstić information content (AvgIpc) is 3.49. The Kier molecular flexibility index (Phi) is 16.5. The maximum atomic E-state index is 14.9. The van der Waals surface area contributed by atoms with E-state index in [0.717, 1.165) is 5.56 Å². The summed E-state index contributed by atoms with van der Waals surface area (Å²) in [4.78, 5) is 45.3. The number of fused-ring (bicyclic) bond motifs is 1. The molecule has 5 rings (SSSR count). The van der Waals surface area contributed by atoms with Gasteiger partial charge in [0.15, 0.2) is 18.2 Å². The SMILES string of the molecule is CC[C@H]1OC(=O)[C@H](C)C(OC2C[C@@](C)(OC)C(O)[C@H](C)O2)[C@H](C)C(OC2O[C@H](C)CC(N)C2O)[C@@](C)(OC)C[C@@H](C)C(=O)[C@H](C)C2N(CCc3ccc(Cl)c(Cl)c3)C(=O)O[C@@]21C. The first-order valence-electron chi connectivity index (χ1n) is 22.0. The van der Waals surface area contributed by atoms with E-state index in [4.69, 9.17) is 66.8 Å². The van der Waals surface area contributed by atoms with Crippen molar-refractivity contribution >= 4 is 41.0 Å². The Morgan fingerprint density at radius 2 is 1.56 bits per heavy atom. The van der Waals surface area contributed by atoms with E-state index >= 15 is 0 Å². The second-order valence-corrected chi connectivity index (χ2v) is 19.6. The van der Waals surface area contributed by atoms with Crippen LogP contribution in [-0.2, 0) is 53.9 Å². The molecule has 4 aliphatic rings. The van der Waals surface area contributed by atoms with Gasteiger partial charge in [0, 0.05) is 51.0 Å². The molecule has 17 heteroatoms. The summed E-state index contributed by atoms with van der Waals surface area (Å²) in [5.41, 5.74) is 3.39. The van der Waals surface area contributed by atoms with Crippen molar-refractivity contribution in [2.24, 2.45) is 29.4 Å². The van der Waals surface area contributed by atoms with Crippen LogP contribution < -0.4 is 5.73 Å². The molecule has 4 aliphatic heterocycles. The van der Waals surface area contributed by atoms with Crippen LogP contribution in [-0.4, -0.2) is 138 Å². The summed E-state index contributed by atoms with van der Waals surface area (Å²) in [5.74, 6) is -4.11. The van der Waals surface area contributed by atoms with E-state index in [0.29, 0.717) is 22.9 Å². The molecule has 352 valence electrons. The number of nitrogens with two attached hydrogens (primary N) is 1. The van der Waals surface area contributed by atoms with Gasteiger partial charge in [-0.25, -0.2) is 4.79 Å². The highest BCUT2D eigenvalue weighted by Crippen LogP contribution is 2.45. The van der Waals surface area contributed by atoms with Crippen molar-refractivity contribution in [1.82, 2.24) is 4.90 Å². The number of Topliss-reactive ketones (excluding diaryl/α,β-unsaturated/α-hetero) is 1. The van der Waals surface area contributed by atoms with Crippen LogP contribution in [0.3, 0.4) is 0 Å². The first kappa shape index (κ1) is 50.8. The molecule has 0 spiro atoms. The maximum Gasteiger partial charge on any atom is 0.410 e. The molecule has 62 heavy (non-hydrogen) atoms. The summed E-state index contributed by atoms with van der Waals surface area (Å²) in [6.45, 7) is 18.0. The smallest absolute Gasteiger partial charge is 0.410 e. The zero-order valence-corrected chi connectivity index (χ0v) is 39.8. The Hall–Kier alpha value is -2.15. The summed E-state index contributed by atoms with van der Waals surface area (Å²) in [6, 6.07) is 3.73. The van der Waals surface area contributed by atoms with Crippen molar-refractivity contribution < 1.29 is 62.5 Å². The molecule has 15 nitrogen and oxygen atoms in total. The number of ketones is 1. The Morgan fingerprint density at radius 3 is 2.18 bits per heavy atom. The number of cyclic esters (lactones) is 1. The fraction of sp³-hybridized carbons (Fsp3) is 0.800. The Balaban J connectivity index is 1.62. The number of carbonyl (C=O) groups is 3. The largest absolute Gasteiger partial charge is 0.458 e. The molecule has 4 heterocycles. The highest BCUT2D eigenvalue weighted by atomic mass is 35.5. The van der Waals surface area contributed by atoms with Crippen LogP contribution in [0.5, 0.6) is 0 Å². The van der Waals surface area contributed by atoms with Crippen LogP contribution in [0.4, 0.5) is 4.79 Å². The number of halogens is 2. The van der Waals surface area contributed by atoms with Crippen molar-refractivity contribution in [1.29, 1.82) is 0 Å². The number of amides is 1. The number of nitrogens with zero attached hydrogens (tertiary/aromatic N) is 1. The molecule has 0 aliphatic carbocycles. The van der Waals surface area contributed by atoms with Gasteiger partial charge >= 0.3 is 12.1 Å². The lowest BCUT2D eigenvalue weighted by Gasteiger charge is -2.49. The predicted octanol–water partition coefficient (Wildman–Crippen LogP) is 5.85. The predicted molar refractivity (Wildman–Crippen MR) is 230 cm³/mol. The molecule has 1 aromatic rings. The number of benzene rings is 1. The van der Waals surface area contributed by atoms with Gasteiger partial charge in [0.25, 0.3) is 0 Å². The van der Waals surface area contributed by atoms with Gasteiger partial charge < -0.3 is 53.8 Å². The van der Waals surface area contributed by atoms with Gasteiger partial charge in [0.05, 0.1) is 57.6 Å². The molecule has 1 amide bonds. The van der Waals surface area contributed by atoms with E-state index < -0.39 is 114 Å². The number of esters is 1. The van der Waals surface area contributed by atoms with Gasteiger partial charge in [-0.15, -0.1) is 0 Å². The van der Waals surface area contributed by atoms with Crippen LogP contribution >= 0.6 is 23.2 Å². The number of rotatable bonds is 10. The molecular formula is C45H70Cl2N2O13. The van der Waals surface area contributed by atoms with Gasteiger partial charge in [-0.05, 0) is 84.9 Å². The average molecular weight is 918 g/mol. The van der Waals surface area contributed by atoms with Gasteiger partial charge in [-0.3, -0.25) is 14.5 Å². The second-order valence-electron chi connectivity index (χ2n) is 18.8. The molecule has 18 atom stereocenters. The number of ether oxygens (including phenoxy) is 8. The molecule has 8 unspecified atom stereocenters. The van der Waals surface area contributed by atoms with E-state index in [1.54, 1.807) is 51.7 Å². The molecule has 4 saturated heterocycles. The van der Waals surface area contributed by atoms with Crippen molar-refractivity contribution in [3.05, 3.63) is 33.8 Å². The van der Waals surface area contributed by atoms with Crippen LogP contribution in [0.1, 0.15) is 100 Å². The van der Waals surface area contributed by atoms with E-state index in [1.807, 2.05) is 40.7 Å². The topological polar surface area (TPSA) is 195 Å². The minimum absolute atomic E-state index is 0.110. The lowest BCUT2D eigenvalue weighted by molar-refractivity contribution is -0.316. The Morgan fingerprint density at radius 1 is 0.903 bits per heavy atom. The van der Waals surface area contributed by atoms with E-state index in [1.165, 1.54) is 14.2 Å². The number of hydrogen-bond donors (Lipinski definition) is 3. The molecular weight excluding hydrogens is 847 g/mol. The normalized spacial score (nSPS) is 43.7. The van der Waals surface area contributed by atoms with Gasteiger partial charge in [0.1, 0.15) is 24.1 Å². The maximum absolute atomic E-state index is 14.9. The molecule has 0 bridgehead atoms. The van der Waals surface area contributed by atoms with Crippen molar-refractivity contribution in [2.75, 3.05) is 20.8 Å². The van der Waals surface area contributed by atoms with Crippen molar-refractivity contribution in [3.63, 3.8) is 0 Å². The lowest BCUT2D eigenvalue weighted by atomic mass is 9.73. The van der Waals surface area contributed by atoms with Crippen molar-refractivity contribution in [3.8, 4) is 0 Å². The van der Waals surface area contributed by atoms with Gasteiger partial charge in [-0.1, -0.05) is 57.0 Å². The summed E-state index contributed by atoms with van der Waals surface area (Å²) in [7, 11) is 3.02. The molecule has 4 fully saturated rings. The fourth-order valence-electron chi connectivity index (χ4n) is 10.4. The summed E-state index contributed by atoms with van der Waals surface area (Å²) in [5, 5.41) is 23.2. The standard InChI is InChI=1S/C45H70Cl2N2O13/c1-13-32-45(10)37(49(42(54)62-45)17-16-28-14-15-29(46)30(47)19-28)24(4)34(50)22(2)20-44(9,56-12)39(61-41-35(51)31(48)18-23(3)57-41)25(5)36(26(6)40(53)59-32)60-33-21-43(8,55-11)38(52)27(7)58-33/h14-15,19,22-27,31-33,35-39,41,51-52H,13,16-18,20-21,48H2,1-12H3/t22-,23-,24+,25+,26-,27+,31?,32-,33?,35?,36?,37?,38?,39?,41?,43-,44+,45-/m1/s1. The number of carbonyl (C=O) groups excluding carboxylic acids is 3. The fourth-order valence-corrected chi connectivity index (χ4v) is 10.7. The number of hydrogen-bond acceptors (Lipinski definition) is 14. The van der Waals surface area contributed by atoms with E-state index in [9.17, 15) is 24.6 Å². The van der Waals surface area contributed by atoms with Crippen LogP contribution in [0.25, 0.3) is 0 Å². The summed E-state index contributed by atoms with van der Waals surface area (Å²) >= 11 is 12.5. The van der Waals surface area contributed by atoms with Crippen LogP contribution in [0.15, 0.2) is 18.2 Å². The van der Waals surface area contributed by atoms with E-state index in [2.05, 4.69) is 0 Å². The summed E-state index contributed by atoms with van der Waals surface area (Å²) < 4.78 is 50.9. The number of aliphatic hydroxyl groups is 2. The Labute approximate surface area is 376 Å². The highest BCUT2D eigenvalue weighted by molar-refractivity contribution is 6.42. The molecule has 0 aromatic heterocycles. The van der Waals surface area contributed by atoms with E-state index in [-0.39, 0.29) is 37.7 Å². The van der Waals surface area contributed by atoms with Crippen molar-refractivity contribution in [2.45, 2.75) is 186 Å². The minimum atomic E-state index is -1.46. The zero-order valence-electron chi connectivity index (χ0n) is 38.3. The first-order valence-corrected chi connectivity index (χ1v) is 22.7. The number of aliphatic hydroxyl groups excluding tert-OH is 2. The highest BCUT2D eigenvalue weighted by Gasteiger charge is 2.61. The van der Waals surface area contributed by atoms with Gasteiger partial charge in [0.2, 0.25) is 0 Å². The molecule has 0 saturated carbocycles. The lowest BCUT2D eigenvalue weighted by Crippen LogP contribution is -2.61. The Bertz CT molecular complexity index is 1740. The third-order valence-electron chi connectivity index (χ3n) is 14.2. The van der Waals surface area contributed by atoms with Gasteiger partial charge in [-0.2, -0.15) is 0 Å². The first-order chi connectivity index (χ1) is 28.9. The quantitative estimate of drug-likeness (QED) is 0.237. The zero-order chi connectivity index (χ0) is 46.2. The second kappa shape index (κ2) is 20.2. The third-order valence-corrected chi connectivity index (χ3v) is 14.9. The van der Waals surface area contributed by atoms with Crippen LogP contribution in [0, 0.1) is 23.7 Å². The minimum Gasteiger partial charge on any atom is -0.458 e. The number of methoxy groups -OCH3 is 2. The van der Waals surface area contributed by atoms with Crippen LogP contribution in [0.2, 0.25) is 10.0 Å². The molecule has 4 N–H and O–H groups in total. The monoisotopic (exact) mass is 916 g/mol. The third kappa shape index (κ3) is 10.3. The summed E-state index contributed by atoms with van der Waals surface area (Å²) in [6.07, 6.45) is -7.85.